The van der Waals surface area contributed by atoms with Crippen molar-refractivity contribution in [1.29, 1.82) is 0 Å². The molecule has 2 fully saturated rings. The number of hydrogen-bond acceptors (Lipinski definition) is 3. The van der Waals surface area contributed by atoms with Crippen LogP contribution < -0.4 is 5.73 Å². The van der Waals surface area contributed by atoms with Crippen molar-refractivity contribution in [2.45, 2.75) is 44.8 Å². The van der Waals surface area contributed by atoms with Gasteiger partial charge in [0.1, 0.15) is 0 Å². The summed E-state index contributed by atoms with van der Waals surface area (Å²) in [5.41, 5.74) is 7.38. The molecule has 1 aromatic rings. The average Bonchev–Trinajstić information content (AvgIpc) is 3.00. The topological polar surface area (TPSA) is 49.6 Å². The molecule has 2 saturated heterocycles. The lowest BCUT2D eigenvalue weighted by molar-refractivity contribution is -0.141. The Bertz CT molecular complexity index is 518. The van der Waals surface area contributed by atoms with Crippen molar-refractivity contribution in [3.63, 3.8) is 0 Å². The Balaban J connectivity index is 1.70. The third-order valence-electron chi connectivity index (χ3n) is 5.33. The van der Waals surface area contributed by atoms with Crippen LogP contribution in [0.2, 0.25) is 0 Å². The second-order valence-electron chi connectivity index (χ2n) is 6.86. The van der Waals surface area contributed by atoms with Gasteiger partial charge < -0.3 is 10.6 Å². The highest BCUT2D eigenvalue weighted by Gasteiger charge is 2.38. The van der Waals surface area contributed by atoms with E-state index in [2.05, 4.69) is 16.7 Å². The van der Waals surface area contributed by atoms with Crippen LogP contribution in [0.15, 0.2) is 30.3 Å². The van der Waals surface area contributed by atoms with E-state index in [1.54, 1.807) is 0 Å². The minimum atomic E-state index is -0.234. The molecule has 1 aromatic carbocycles. The number of carbonyl (C=O) groups is 1. The minimum absolute atomic E-state index is 0.183. The average molecular weight is 301 g/mol. The summed E-state index contributed by atoms with van der Waals surface area (Å²) in [6.07, 6.45) is 2.48. The van der Waals surface area contributed by atoms with Gasteiger partial charge >= 0.3 is 0 Å². The molecule has 0 aromatic heterocycles. The minimum Gasteiger partial charge on any atom is -0.337 e. The van der Waals surface area contributed by atoms with E-state index in [0.29, 0.717) is 6.04 Å². The Morgan fingerprint density at radius 2 is 2.00 bits per heavy atom. The molecule has 0 saturated carbocycles. The molecule has 2 aliphatic rings. The van der Waals surface area contributed by atoms with Gasteiger partial charge in [0.05, 0.1) is 5.92 Å². The van der Waals surface area contributed by atoms with Crippen molar-refractivity contribution < 1.29 is 4.79 Å². The summed E-state index contributed by atoms with van der Waals surface area (Å²) in [6.45, 7) is 7.19. The number of nitrogens with two attached hydrogens (primary N) is 1. The molecule has 0 bridgehead atoms. The summed E-state index contributed by atoms with van der Waals surface area (Å²) in [6, 6.07) is 10.6. The molecule has 2 N–H and O–H groups in total. The third kappa shape index (κ3) is 2.90. The molecule has 0 radical (unpaired) electrons. The Morgan fingerprint density at radius 1 is 1.27 bits per heavy atom. The first-order valence-electron chi connectivity index (χ1n) is 8.43. The van der Waals surface area contributed by atoms with Crippen molar-refractivity contribution in [2.75, 3.05) is 19.6 Å². The summed E-state index contributed by atoms with van der Waals surface area (Å²) >= 11 is 0. The number of rotatable bonds is 3. The second-order valence-corrected chi connectivity index (χ2v) is 6.86. The van der Waals surface area contributed by atoms with Gasteiger partial charge in [-0.15, -0.1) is 0 Å². The van der Waals surface area contributed by atoms with Crippen LogP contribution in [0.1, 0.15) is 38.3 Å². The predicted octanol–water partition coefficient (Wildman–Crippen LogP) is 2.02. The van der Waals surface area contributed by atoms with Crippen molar-refractivity contribution >= 4 is 5.91 Å². The monoisotopic (exact) mass is 301 g/mol. The summed E-state index contributed by atoms with van der Waals surface area (Å²) in [4.78, 5) is 17.5. The standard InChI is InChI=1S/C18H27N3O/c1-13-11-20-10-6-9-16(20)12-21(13)18(22)14(2)17(19)15-7-4-3-5-8-15/h3-5,7-8,13-14,16-17H,6,9-12,19H2,1-2H3. The molecule has 1 amide bonds. The number of amides is 1. The van der Waals surface area contributed by atoms with Gasteiger partial charge in [0.25, 0.3) is 0 Å². The van der Waals surface area contributed by atoms with E-state index >= 15 is 0 Å². The largest absolute Gasteiger partial charge is 0.337 e. The van der Waals surface area contributed by atoms with Gasteiger partial charge in [-0.1, -0.05) is 37.3 Å². The van der Waals surface area contributed by atoms with Gasteiger partial charge in [-0.3, -0.25) is 9.69 Å². The molecule has 0 aliphatic carbocycles. The Labute approximate surface area is 133 Å². The van der Waals surface area contributed by atoms with E-state index in [0.717, 1.165) is 18.7 Å². The molecule has 4 nitrogen and oxygen atoms in total. The maximum Gasteiger partial charge on any atom is 0.227 e. The van der Waals surface area contributed by atoms with Crippen LogP contribution in [0.4, 0.5) is 0 Å². The molecule has 0 spiro atoms. The van der Waals surface area contributed by atoms with Crippen LogP contribution in [0.25, 0.3) is 0 Å². The van der Waals surface area contributed by atoms with E-state index in [4.69, 9.17) is 5.73 Å². The van der Waals surface area contributed by atoms with Crippen molar-refractivity contribution in [2.24, 2.45) is 11.7 Å². The first-order chi connectivity index (χ1) is 10.6. The lowest BCUT2D eigenvalue weighted by Crippen LogP contribution is -2.58. The number of fused-ring (bicyclic) bond motifs is 1. The summed E-state index contributed by atoms with van der Waals surface area (Å²) in [5, 5.41) is 0. The molecule has 4 atom stereocenters. The fourth-order valence-electron chi connectivity index (χ4n) is 3.87. The maximum atomic E-state index is 12.9. The highest BCUT2D eigenvalue weighted by atomic mass is 16.2. The lowest BCUT2D eigenvalue weighted by Gasteiger charge is -2.43. The number of carbonyl (C=O) groups excluding carboxylic acids is 1. The van der Waals surface area contributed by atoms with Gasteiger partial charge in [0.15, 0.2) is 0 Å². The number of hydrogen-bond donors (Lipinski definition) is 1. The van der Waals surface area contributed by atoms with Crippen LogP contribution in [0, 0.1) is 5.92 Å². The first kappa shape index (κ1) is 15.5. The lowest BCUT2D eigenvalue weighted by atomic mass is 9.93. The van der Waals surface area contributed by atoms with E-state index in [-0.39, 0.29) is 23.9 Å². The molecule has 4 heteroatoms. The normalized spacial score (nSPS) is 28.2. The fraction of sp³-hybridized carbons (Fsp3) is 0.611. The summed E-state index contributed by atoms with van der Waals surface area (Å²) in [5.74, 6) is 0.0215. The third-order valence-corrected chi connectivity index (χ3v) is 5.33. The predicted molar refractivity (Wildman–Crippen MR) is 88.3 cm³/mol. The highest BCUT2D eigenvalue weighted by molar-refractivity contribution is 5.80. The molecular formula is C18H27N3O. The van der Waals surface area contributed by atoms with Gasteiger partial charge in [0, 0.05) is 31.2 Å². The fourth-order valence-corrected chi connectivity index (χ4v) is 3.87. The van der Waals surface area contributed by atoms with E-state index in [9.17, 15) is 4.79 Å². The molecule has 22 heavy (non-hydrogen) atoms. The van der Waals surface area contributed by atoms with Crippen LogP contribution in [-0.4, -0.2) is 47.4 Å². The zero-order chi connectivity index (χ0) is 15.7. The Kier molecular flexibility index (Phi) is 4.50. The van der Waals surface area contributed by atoms with Crippen LogP contribution in [0.3, 0.4) is 0 Å². The summed E-state index contributed by atoms with van der Waals surface area (Å²) < 4.78 is 0. The van der Waals surface area contributed by atoms with E-state index in [1.165, 1.54) is 19.4 Å². The number of benzene rings is 1. The van der Waals surface area contributed by atoms with Crippen LogP contribution in [-0.2, 0) is 4.79 Å². The number of piperazine rings is 1. The highest BCUT2D eigenvalue weighted by Crippen LogP contribution is 2.28. The van der Waals surface area contributed by atoms with Crippen LogP contribution in [0.5, 0.6) is 0 Å². The molecular weight excluding hydrogens is 274 g/mol. The van der Waals surface area contributed by atoms with E-state index in [1.807, 2.05) is 37.3 Å². The Morgan fingerprint density at radius 3 is 2.73 bits per heavy atom. The zero-order valence-corrected chi connectivity index (χ0v) is 13.6. The molecule has 120 valence electrons. The second kappa shape index (κ2) is 6.39. The van der Waals surface area contributed by atoms with Gasteiger partial charge in [0.2, 0.25) is 5.91 Å². The van der Waals surface area contributed by atoms with E-state index < -0.39 is 0 Å². The number of nitrogens with zero attached hydrogens (tertiary/aromatic N) is 2. The molecule has 2 heterocycles. The smallest absolute Gasteiger partial charge is 0.227 e. The van der Waals surface area contributed by atoms with Crippen molar-refractivity contribution in [3.05, 3.63) is 35.9 Å². The Hall–Kier alpha value is -1.39. The molecule has 2 aliphatic heterocycles. The van der Waals surface area contributed by atoms with Gasteiger partial charge in [-0.2, -0.15) is 0 Å². The van der Waals surface area contributed by atoms with Crippen LogP contribution >= 0.6 is 0 Å². The SMILES string of the molecule is CC(C(=O)N1CC2CCCN2CC1C)C(N)c1ccccc1. The quantitative estimate of drug-likeness (QED) is 0.929. The first-order valence-corrected chi connectivity index (χ1v) is 8.43. The molecule has 3 rings (SSSR count). The zero-order valence-electron chi connectivity index (χ0n) is 13.6. The van der Waals surface area contributed by atoms with Crippen molar-refractivity contribution in [3.8, 4) is 0 Å². The van der Waals surface area contributed by atoms with Crippen molar-refractivity contribution in [1.82, 2.24) is 9.80 Å². The molecule has 4 unspecified atom stereocenters. The van der Waals surface area contributed by atoms with Gasteiger partial charge in [-0.05, 0) is 31.9 Å². The van der Waals surface area contributed by atoms with Gasteiger partial charge in [-0.25, -0.2) is 0 Å². The maximum absolute atomic E-state index is 12.9. The summed E-state index contributed by atoms with van der Waals surface area (Å²) in [7, 11) is 0.